The molecule has 1 fully saturated rings. The molecule has 2 unspecified atom stereocenters. The Kier molecular flexibility index (Phi) is 7.42. The first-order valence-electron chi connectivity index (χ1n) is 12.6. The SMILES string of the molecule is COc1ccccc1N1CCN(CCNC2CCc3ccccc3C2Cc2cccnc2)CC1. The quantitative estimate of drug-likeness (QED) is 0.552. The van der Waals surface area contributed by atoms with Crippen molar-refractivity contribution < 1.29 is 4.74 Å². The molecular weight excluding hydrogens is 420 g/mol. The van der Waals surface area contributed by atoms with E-state index in [2.05, 4.69) is 74.7 Å². The summed E-state index contributed by atoms with van der Waals surface area (Å²) in [6.07, 6.45) is 7.29. The average molecular weight is 457 g/mol. The van der Waals surface area contributed by atoms with E-state index < -0.39 is 0 Å². The number of ether oxygens (including phenoxy) is 1. The number of benzene rings is 2. The average Bonchev–Trinajstić information content (AvgIpc) is 2.91. The fraction of sp³-hybridized carbons (Fsp3) is 0.414. The maximum absolute atomic E-state index is 5.57. The van der Waals surface area contributed by atoms with Crippen LogP contribution in [0.2, 0.25) is 0 Å². The highest BCUT2D eigenvalue weighted by atomic mass is 16.5. The number of nitrogens with zero attached hydrogens (tertiary/aromatic N) is 3. The molecule has 1 aromatic heterocycles. The summed E-state index contributed by atoms with van der Waals surface area (Å²) in [7, 11) is 1.76. The first-order chi connectivity index (χ1) is 16.8. The maximum atomic E-state index is 5.57. The van der Waals surface area contributed by atoms with Crippen LogP contribution in [-0.4, -0.2) is 62.3 Å². The molecule has 5 heteroatoms. The second-order valence-corrected chi connectivity index (χ2v) is 9.47. The van der Waals surface area contributed by atoms with Crippen molar-refractivity contribution in [3.63, 3.8) is 0 Å². The number of fused-ring (bicyclic) bond motifs is 1. The molecular formula is C29H36N4O. The Morgan fingerprint density at radius 2 is 1.79 bits per heavy atom. The minimum Gasteiger partial charge on any atom is -0.495 e. The van der Waals surface area contributed by atoms with E-state index in [1.807, 2.05) is 18.5 Å². The van der Waals surface area contributed by atoms with Crippen molar-refractivity contribution in [3.05, 3.63) is 89.7 Å². The van der Waals surface area contributed by atoms with Gasteiger partial charge in [0.05, 0.1) is 12.8 Å². The monoisotopic (exact) mass is 456 g/mol. The summed E-state index contributed by atoms with van der Waals surface area (Å²) in [5.74, 6) is 1.46. The Balaban J connectivity index is 1.16. The molecule has 34 heavy (non-hydrogen) atoms. The van der Waals surface area contributed by atoms with Crippen molar-refractivity contribution in [2.75, 3.05) is 51.3 Å². The van der Waals surface area contributed by atoms with E-state index in [0.717, 1.165) is 57.9 Å². The summed E-state index contributed by atoms with van der Waals surface area (Å²) in [5.41, 5.74) is 5.56. The fourth-order valence-electron chi connectivity index (χ4n) is 5.63. The van der Waals surface area contributed by atoms with Gasteiger partial charge in [0.2, 0.25) is 0 Å². The van der Waals surface area contributed by atoms with Crippen LogP contribution in [0.3, 0.4) is 0 Å². The largest absolute Gasteiger partial charge is 0.495 e. The summed E-state index contributed by atoms with van der Waals surface area (Å²) in [6, 6.07) is 22.1. The Bertz CT molecular complexity index is 1050. The van der Waals surface area contributed by atoms with E-state index in [1.54, 1.807) is 7.11 Å². The van der Waals surface area contributed by atoms with Crippen molar-refractivity contribution in [1.82, 2.24) is 15.2 Å². The Hall–Kier alpha value is -2.89. The van der Waals surface area contributed by atoms with Crippen molar-refractivity contribution in [1.29, 1.82) is 0 Å². The molecule has 0 radical (unpaired) electrons. The standard InChI is InChI=1S/C29H36N4O/c1-34-29-11-5-4-10-28(29)33-19-17-32(18-20-33)16-15-31-27-13-12-24-8-2-3-9-25(24)26(27)21-23-7-6-14-30-22-23/h2-11,14,22,26-27,31H,12-13,15-21H2,1H3. The Morgan fingerprint density at radius 1 is 0.971 bits per heavy atom. The molecule has 0 amide bonds. The molecule has 2 aliphatic rings. The number of aromatic nitrogens is 1. The number of methoxy groups -OCH3 is 1. The van der Waals surface area contributed by atoms with E-state index in [-0.39, 0.29) is 0 Å². The fourth-order valence-corrected chi connectivity index (χ4v) is 5.63. The topological polar surface area (TPSA) is 40.6 Å². The third-order valence-electron chi connectivity index (χ3n) is 7.48. The van der Waals surface area contributed by atoms with Gasteiger partial charge in [0.25, 0.3) is 0 Å². The third kappa shape index (κ3) is 5.26. The van der Waals surface area contributed by atoms with Gasteiger partial charge in [-0.2, -0.15) is 0 Å². The number of hydrogen-bond donors (Lipinski definition) is 1. The number of anilines is 1. The van der Waals surface area contributed by atoms with Crippen LogP contribution in [0.25, 0.3) is 0 Å². The van der Waals surface area contributed by atoms with Crippen molar-refractivity contribution in [2.24, 2.45) is 0 Å². The summed E-state index contributed by atoms with van der Waals surface area (Å²) >= 11 is 0. The van der Waals surface area contributed by atoms with E-state index in [0.29, 0.717) is 12.0 Å². The van der Waals surface area contributed by atoms with Crippen molar-refractivity contribution in [2.45, 2.75) is 31.2 Å². The van der Waals surface area contributed by atoms with Gasteiger partial charge in [0.15, 0.2) is 0 Å². The number of rotatable bonds is 8. The van der Waals surface area contributed by atoms with Gasteiger partial charge in [0, 0.05) is 63.6 Å². The maximum Gasteiger partial charge on any atom is 0.142 e. The molecule has 2 atom stereocenters. The van der Waals surface area contributed by atoms with Crippen LogP contribution < -0.4 is 15.0 Å². The second-order valence-electron chi connectivity index (χ2n) is 9.47. The zero-order valence-corrected chi connectivity index (χ0v) is 20.2. The summed E-state index contributed by atoms with van der Waals surface area (Å²) in [6.45, 7) is 6.39. The Labute approximate surface area is 203 Å². The number of nitrogens with one attached hydrogen (secondary N) is 1. The molecule has 5 rings (SSSR count). The van der Waals surface area contributed by atoms with Crippen LogP contribution in [0, 0.1) is 0 Å². The molecule has 2 heterocycles. The van der Waals surface area contributed by atoms with E-state index in [1.165, 1.54) is 28.8 Å². The van der Waals surface area contributed by atoms with Gasteiger partial charge in [-0.3, -0.25) is 9.88 Å². The van der Waals surface area contributed by atoms with Crippen LogP contribution in [0.5, 0.6) is 5.75 Å². The first kappa shape index (κ1) is 22.9. The van der Waals surface area contributed by atoms with E-state index in [9.17, 15) is 0 Å². The summed E-state index contributed by atoms with van der Waals surface area (Å²) in [4.78, 5) is 9.39. The predicted octanol–water partition coefficient (Wildman–Crippen LogP) is 4.14. The van der Waals surface area contributed by atoms with Crippen molar-refractivity contribution >= 4 is 5.69 Å². The summed E-state index contributed by atoms with van der Waals surface area (Å²) in [5, 5.41) is 3.95. The van der Waals surface area contributed by atoms with E-state index in [4.69, 9.17) is 4.74 Å². The normalized spacial score (nSPS) is 20.7. The van der Waals surface area contributed by atoms with Crippen LogP contribution in [-0.2, 0) is 12.8 Å². The van der Waals surface area contributed by atoms with Crippen LogP contribution in [0.4, 0.5) is 5.69 Å². The highest BCUT2D eigenvalue weighted by Crippen LogP contribution is 2.34. The molecule has 5 nitrogen and oxygen atoms in total. The van der Waals surface area contributed by atoms with E-state index >= 15 is 0 Å². The minimum absolute atomic E-state index is 0.497. The molecule has 1 aliphatic carbocycles. The summed E-state index contributed by atoms with van der Waals surface area (Å²) < 4.78 is 5.57. The third-order valence-corrected chi connectivity index (χ3v) is 7.48. The molecule has 2 aromatic carbocycles. The smallest absolute Gasteiger partial charge is 0.142 e. The molecule has 0 spiro atoms. The lowest BCUT2D eigenvalue weighted by atomic mass is 9.76. The molecule has 1 N–H and O–H groups in total. The van der Waals surface area contributed by atoms with Crippen LogP contribution in [0.1, 0.15) is 29.0 Å². The molecule has 0 bridgehead atoms. The molecule has 1 saturated heterocycles. The molecule has 178 valence electrons. The lowest BCUT2D eigenvalue weighted by molar-refractivity contribution is 0.247. The van der Waals surface area contributed by atoms with Gasteiger partial charge >= 0.3 is 0 Å². The first-order valence-corrected chi connectivity index (χ1v) is 12.6. The number of hydrogen-bond acceptors (Lipinski definition) is 5. The second kappa shape index (κ2) is 11.0. The highest BCUT2D eigenvalue weighted by Gasteiger charge is 2.29. The van der Waals surface area contributed by atoms with Gasteiger partial charge < -0.3 is 15.0 Å². The zero-order valence-electron chi connectivity index (χ0n) is 20.2. The van der Waals surface area contributed by atoms with Gasteiger partial charge in [-0.05, 0) is 54.2 Å². The van der Waals surface area contributed by atoms with Crippen LogP contribution >= 0.6 is 0 Å². The number of aryl methyl sites for hydroxylation is 1. The minimum atomic E-state index is 0.497. The highest BCUT2D eigenvalue weighted by molar-refractivity contribution is 5.58. The number of para-hydroxylation sites is 2. The number of piperazine rings is 1. The Morgan fingerprint density at radius 3 is 2.62 bits per heavy atom. The van der Waals surface area contributed by atoms with Crippen LogP contribution in [0.15, 0.2) is 73.1 Å². The molecule has 0 saturated carbocycles. The lowest BCUT2D eigenvalue weighted by Crippen LogP contribution is -2.49. The van der Waals surface area contributed by atoms with Crippen molar-refractivity contribution in [3.8, 4) is 5.75 Å². The van der Waals surface area contributed by atoms with Gasteiger partial charge in [-0.25, -0.2) is 0 Å². The molecule has 3 aromatic rings. The van der Waals surface area contributed by atoms with Gasteiger partial charge in [-0.15, -0.1) is 0 Å². The van der Waals surface area contributed by atoms with Gasteiger partial charge in [0.1, 0.15) is 5.75 Å². The predicted molar refractivity (Wildman–Crippen MR) is 139 cm³/mol. The van der Waals surface area contributed by atoms with Gasteiger partial charge in [-0.1, -0.05) is 42.5 Å². The molecule has 1 aliphatic heterocycles. The lowest BCUT2D eigenvalue weighted by Gasteiger charge is -2.38. The number of pyridine rings is 1. The zero-order chi connectivity index (χ0) is 23.2.